The van der Waals surface area contributed by atoms with E-state index in [9.17, 15) is 14.3 Å². The van der Waals surface area contributed by atoms with Crippen molar-refractivity contribution < 1.29 is 23.4 Å². The van der Waals surface area contributed by atoms with Crippen molar-refractivity contribution in [1.82, 2.24) is 5.32 Å². The Morgan fingerprint density at radius 2 is 2.10 bits per heavy atom. The van der Waals surface area contributed by atoms with Gasteiger partial charge in [0.15, 0.2) is 5.76 Å². The number of carbonyl (C=O) groups is 1. The van der Waals surface area contributed by atoms with Crippen LogP contribution < -0.4 is 10.1 Å². The standard InChI is InChI=1S/C15H16FNO4/c1-10-6-7-20-14(10)15(19)17-8-12(18)9-21-13-4-2-11(16)3-5-13/h2-7,12,18H,8-9H2,1H3,(H,17,19). The summed E-state index contributed by atoms with van der Waals surface area (Å²) in [5, 5.41) is 12.3. The Hall–Kier alpha value is -2.34. The molecule has 0 aliphatic rings. The van der Waals surface area contributed by atoms with Crippen LogP contribution in [0.4, 0.5) is 4.39 Å². The van der Waals surface area contributed by atoms with Crippen LogP contribution in [0.15, 0.2) is 41.0 Å². The molecule has 112 valence electrons. The van der Waals surface area contributed by atoms with Gasteiger partial charge in [-0.05, 0) is 37.3 Å². The molecule has 0 spiro atoms. The lowest BCUT2D eigenvalue weighted by Crippen LogP contribution is -2.35. The first-order chi connectivity index (χ1) is 10.1. The van der Waals surface area contributed by atoms with Crippen LogP contribution >= 0.6 is 0 Å². The van der Waals surface area contributed by atoms with Crippen molar-refractivity contribution in [2.24, 2.45) is 0 Å². The van der Waals surface area contributed by atoms with E-state index in [4.69, 9.17) is 9.15 Å². The average Bonchev–Trinajstić information content (AvgIpc) is 2.90. The maximum absolute atomic E-state index is 12.7. The molecule has 21 heavy (non-hydrogen) atoms. The fraction of sp³-hybridized carbons (Fsp3) is 0.267. The van der Waals surface area contributed by atoms with E-state index in [1.165, 1.54) is 30.5 Å². The zero-order valence-electron chi connectivity index (χ0n) is 11.5. The van der Waals surface area contributed by atoms with E-state index < -0.39 is 12.0 Å². The molecule has 0 saturated carbocycles. The summed E-state index contributed by atoms with van der Waals surface area (Å²) in [4.78, 5) is 11.7. The molecule has 1 heterocycles. The lowest BCUT2D eigenvalue weighted by molar-refractivity contribution is 0.0821. The predicted octanol–water partition coefficient (Wildman–Crippen LogP) is 1.90. The van der Waals surface area contributed by atoms with E-state index >= 15 is 0 Å². The van der Waals surface area contributed by atoms with Gasteiger partial charge in [-0.25, -0.2) is 4.39 Å². The van der Waals surface area contributed by atoms with Gasteiger partial charge in [-0.1, -0.05) is 0 Å². The van der Waals surface area contributed by atoms with Gasteiger partial charge in [0, 0.05) is 12.1 Å². The Kier molecular flexibility index (Phi) is 4.94. The van der Waals surface area contributed by atoms with Crippen molar-refractivity contribution >= 4 is 5.91 Å². The molecular weight excluding hydrogens is 277 g/mol. The summed E-state index contributed by atoms with van der Waals surface area (Å²) in [7, 11) is 0. The molecule has 1 atom stereocenters. The number of halogens is 1. The molecule has 0 radical (unpaired) electrons. The number of nitrogens with one attached hydrogen (secondary N) is 1. The number of furan rings is 1. The minimum Gasteiger partial charge on any atom is -0.491 e. The summed E-state index contributed by atoms with van der Waals surface area (Å²) in [5.41, 5.74) is 0.726. The molecule has 1 amide bonds. The summed E-state index contributed by atoms with van der Waals surface area (Å²) >= 11 is 0. The van der Waals surface area contributed by atoms with Crippen LogP contribution in [0.3, 0.4) is 0 Å². The molecule has 0 aliphatic carbocycles. The van der Waals surface area contributed by atoms with Crippen LogP contribution in [0.2, 0.25) is 0 Å². The second kappa shape index (κ2) is 6.90. The van der Waals surface area contributed by atoms with E-state index in [2.05, 4.69) is 5.32 Å². The molecule has 0 aliphatic heterocycles. The summed E-state index contributed by atoms with van der Waals surface area (Å²) in [6, 6.07) is 7.15. The van der Waals surface area contributed by atoms with Crippen molar-refractivity contribution in [3.05, 3.63) is 53.7 Å². The summed E-state index contributed by atoms with van der Waals surface area (Å²) in [6.45, 7) is 1.77. The molecule has 0 bridgehead atoms. The number of aliphatic hydroxyl groups excluding tert-OH is 1. The quantitative estimate of drug-likeness (QED) is 0.853. The van der Waals surface area contributed by atoms with Gasteiger partial charge in [-0.3, -0.25) is 4.79 Å². The number of ether oxygens (including phenoxy) is 1. The first-order valence-electron chi connectivity index (χ1n) is 6.45. The molecule has 0 fully saturated rings. The van der Waals surface area contributed by atoms with Crippen LogP contribution in [0.1, 0.15) is 16.1 Å². The summed E-state index contributed by atoms with van der Waals surface area (Å²) < 4.78 is 23.0. The van der Waals surface area contributed by atoms with Crippen LogP contribution in [-0.2, 0) is 0 Å². The molecule has 6 heteroatoms. The maximum Gasteiger partial charge on any atom is 0.287 e. The van der Waals surface area contributed by atoms with Gasteiger partial charge >= 0.3 is 0 Å². The minimum atomic E-state index is -0.880. The Balaban J connectivity index is 1.75. The molecule has 1 aromatic heterocycles. The average molecular weight is 293 g/mol. The second-order valence-corrected chi connectivity index (χ2v) is 4.56. The number of aryl methyl sites for hydroxylation is 1. The molecular formula is C15H16FNO4. The Morgan fingerprint density at radius 1 is 1.38 bits per heavy atom. The lowest BCUT2D eigenvalue weighted by atomic mass is 10.2. The highest BCUT2D eigenvalue weighted by Crippen LogP contribution is 2.11. The highest BCUT2D eigenvalue weighted by Gasteiger charge is 2.14. The Labute approximate surface area is 121 Å². The van der Waals surface area contributed by atoms with Crippen LogP contribution in [-0.4, -0.2) is 30.3 Å². The predicted molar refractivity (Wildman–Crippen MR) is 73.7 cm³/mol. The zero-order valence-corrected chi connectivity index (χ0v) is 11.5. The maximum atomic E-state index is 12.7. The van der Waals surface area contributed by atoms with Gasteiger partial charge in [0.25, 0.3) is 5.91 Å². The van der Waals surface area contributed by atoms with Crippen molar-refractivity contribution in [1.29, 1.82) is 0 Å². The van der Waals surface area contributed by atoms with Gasteiger partial charge in [0.2, 0.25) is 0 Å². The first-order valence-corrected chi connectivity index (χ1v) is 6.45. The number of hydrogen-bond acceptors (Lipinski definition) is 4. The van der Waals surface area contributed by atoms with Crippen molar-refractivity contribution in [2.45, 2.75) is 13.0 Å². The minimum absolute atomic E-state index is 0.0109. The van der Waals surface area contributed by atoms with E-state index in [1.54, 1.807) is 13.0 Å². The Bertz CT molecular complexity index is 594. The topological polar surface area (TPSA) is 71.7 Å². The summed E-state index contributed by atoms with van der Waals surface area (Å²) in [5.74, 6) is -0.0763. The highest BCUT2D eigenvalue weighted by atomic mass is 19.1. The SMILES string of the molecule is Cc1ccoc1C(=O)NCC(O)COc1ccc(F)cc1. The van der Waals surface area contributed by atoms with Crippen molar-refractivity contribution in [3.63, 3.8) is 0 Å². The van der Waals surface area contributed by atoms with E-state index in [0.29, 0.717) is 5.75 Å². The van der Waals surface area contributed by atoms with Gasteiger partial charge in [-0.2, -0.15) is 0 Å². The van der Waals surface area contributed by atoms with Gasteiger partial charge in [0.1, 0.15) is 24.3 Å². The van der Waals surface area contributed by atoms with Crippen molar-refractivity contribution in [3.8, 4) is 5.75 Å². The number of hydrogen-bond donors (Lipinski definition) is 2. The molecule has 1 unspecified atom stereocenters. The number of carbonyl (C=O) groups excluding carboxylic acids is 1. The Morgan fingerprint density at radius 3 is 2.71 bits per heavy atom. The molecule has 5 nitrogen and oxygen atoms in total. The molecule has 2 rings (SSSR count). The smallest absolute Gasteiger partial charge is 0.287 e. The van der Waals surface area contributed by atoms with Gasteiger partial charge in [0.05, 0.1) is 6.26 Å². The number of rotatable bonds is 6. The van der Waals surface area contributed by atoms with Crippen LogP contribution in [0.25, 0.3) is 0 Å². The number of aliphatic hydroxyl groups is 1. The first kappa shape index (κ1) is 15.1. The van der Waals surface area contributed by atoms with Gasteiger partial charge in [-0.15, -0.1) is 0 Å². The van der Waals surface area contributed by atoms with Crippen LogP contribution in [0.5, 0.6) is 5.75 Å². The third-order valence-corrected chi connectivity index (χ3v) is 2.82. The van der Waals surface area contributed by atoms with E-state index in [0.717, 1.165) is 5.56 Å². The lowest BCUT2D eigenvalue weighted by Gasteiger charge is -2.13. The normalized spacial score (nSPS) is 12.0. The number of benzene rings is 1. The fourth-order valence-electron chi connectivity index (χ4n) is 1.68. The van der Waals surface area contributed by atoms with Gasteiger partial charge < -0.3 is 19.6 Å². The third kappa shape index (κ3) is 4.32. The largest absolute Gasteiger partial charge is 0.491 e. The second-order valence-electron chi connectivity index (χ2n) is 4.56. The van der Waals surface area contributed by atoms with Crippen LogP contribution in [0, 0.1) is 12.7 Å². The molecule has 2 aromatic rings. The molecule has 2 N–H and O–H groups in total. The highest BCUT2D eigenvalue weighted by molar-refractivity contribution is 5.92. The zero-order chi connectivity index (χ0) is 15.2. The third-order valence-electron chi connectivity index (χ3n) is 2.82. The van der Waals surface area contributed by atoms with E-state index in [-0.39, 0.29) is 24.7 Å². The molecule has 1 aromatic carbocycles. The van der Waals surface area contributed by atoms with E-state index in [1.807, 2.05) is 0 Å². The van der Waals surface area contributed by atoms with Crippen molar-refractivity contribution in [2.75, 3.05) is 13.2 Å². The fourth-order valence-corrected chi connectivity index (χ4v) is 1.68. The number of amides is 1. The summed E-state index contributed by atoms with van der Waals surface area (Å²) in [6.07, 6.45) is 0.549. The molecule has 0 saturated heterocycles. The monoisotopic (exact) mass is 293 g/mol.